The van der Waals surface area contributed by atoms with Gasteiger partial charge in [-0.25, -0.2) is 4.98 Å². The van der Waals surface area contributed by atoms with Crippen LogP contribution < -0.4 is 10.6 Å². The zero-order chi connectivity index (χ0) is 16.2. The third kappa shape index (κ3) is 4.44. The first-order valence-electron chi connectivity index (χ1n) is 7.01. The van der Waals surface area contributed by atoms with Crippen LogP contribution in [-0.2, 0) is 15.8 Å². The number of aromatic nitrogens is 1. The van der Waals surface area contributed by atoms with Crippen molar-refractivity contribution in [3.63, 3.8) is 0 Å². The molecule has 8 heteroatoms. The number of carbonyl (C=O) groups is 2. The van der Waals surface area contributed by atoms with Crippen molar-refractivity contribution in [3.05, 3.63) is 24.0 Å². The first-order chi connectivity index (χ1) is 10.4. The molecule has 22 heavy (non-hydrogen) atoms. The van der Waals surface area contributed by atoms with E-state index in [1.165, 1.54) is 0 Å². The van der Waals surface area contributed by atoms with Crippen LogP contribution in [0.25, 0.3) is 0 Å². The molecule has 2 rings (SSSR count). The Bertz CT molecular complexity index is 537. The minimum Gasteiger partial charge on any atom is -0.345 e. The predicted octanol–water partition coefficient (Wildman–Crippen LogP) is 2.49. The monoisotopic (exact) mass is 315 g/mol. The van der Waals surface area contributed by atoms with Crippen LogP contribution in [0.3, 0.4) is 0 Å². The predicted molar refractivity (Wildman–Crippen MR) is 72.9 cm³/mol. The Balaban J connectivity index is 1.89. The van der Waals surface area contributed by atoms with E-state index in [2.05, 4.69) is 15.6 Å². The summed E-state index contributed by atoms with van der Waals surface area (Å²) in [5, 5.41) is 4.85. The zero-order valence-corrected chi connectivity index (χ0v) is 11.7. The lowest BCUT2D eigenvalue weighted by molar-refractivity contribution is -0.141. The maximum atomic E-state index is 12.4. The van der Waals surface area contributed by atoms with Crippen molar-refractivity contribution in [1.82, 2.24) is 10.3 Å². The summed E-state index contributed by atoms with van der Waals surface area (Å²) in [6.07, 6.45) is 1.14. The number of pyridine rings is 1. The van der Waals surface area contributed by atoms with Crippen LogP contribution in [0.2, 0.25) is 0 Å². The normalized spacial score (nSPS) is 16.1. The molecule has 120 valence electrons. The largest absolute Gasteiger partial charge is 0.433 e. The van der Waals surface area contributed by atoms with Crippen LogP contribution in [0.15, 0.2) is 18.3 Å². The summed E-state index contributed by atoms with van der Waals surface area (Å²) in [6.45, 7) is 0. The van der Waals surface area contributed by atoms with Gasteiger partial charge in [0, 0.05) is 6.04 Å². The van der Waals surface area contributed by atoms with Gasteiger partial charge in [-0.15, -0.1) is 0 Å². The van der Waals surface area contributed by atoms with Crippen LogP contribution in [0.4, 0.5) is 18.9 Å². The molecule has 1 saturated carbocycles. The molecule has 1 aliphatic rings. The number of rotatable bonds is 2. The van der Waals surface area contributed by atoms with E-state index in [0.717, 1.165) is 50.4 Å². The summed E-state index contributed by atoms with van der Waals surface area (Å²) in [5.74, 6) is -1.70. The van der Waals surface area contributed by atoms with E-state index in [-0.39, 0.29) is 11.7 Å². The highest BCUT2D eigenvalue weighted by Crippen LogP contribution is 2.27. The molecule has 1 aliphatic carbocycles. The van der Waals surface area contributed by atoms with Crippen molar-refractivity contribution in [3.8, 4) is 0 Å². The van der Waals surface area contributed by atoms with Crippen molar-refractivity contribution in [1.29, 1.82) is 0 Å². The molecule has 0 radical (unpaired) electrons. The number of hydrogen-bond acceptors (Lipinski definition) is 3. The van der Waals surface area contributed by atoms with E-state index in [1.807, 2.05) is 0 Å². The fraction of sp³-hybridized carbons (Fsp3) is 0.500. The third-order valence-corrected chi connectivity index (χ3v) is 3.46. The lowest BCUT2D eigenvalue weighted by Crippen LogP contribution is -2.42. The minimum absolute atomic E-state index is 0.0160. The van der Waals surface area contributed by atoms with E-state index < -0.39 is 23.7 Å². The molecule has 0 unspecified atom stereocenters. The molecule has 0 saturated heterocycles. The molecule has 0 atom stereocenters. The number of nitrogens with one attached hydrogen (secondary N) is 2. The Morgan fingerprint density at radius 3 is 2.32 bits per heavy atom. The summed E-state index contributed by atoms with van der Waals surface area (Å²) in [5.41, 5.74) is -1.02. The van der Waals surface area contributed by atoms with Gasteiger partial charge in [0.1, 0.15) is 5.69 Å². The second-order valence-corrected chi connectivity index (χ2v) is 5.19. The van der Waals surface area contributed by atoms with Crippen LogP contribution in [-0.4, -0.2) is 22.8 Å². The fourth-order valence-corrected chi connectivity index (χ4v) is 2.32. The molecule has 1 fully saturated rings. The Morgan fingerprint density at radius 2 is 1.77 bits per heavy atom. The van der Waals surface area contributed by atoms with Gasteiger partial charge in [-0.3, -0.25) is 9.59 Å². The summed E-state index contributed by atoms with van der Waals surface area (Å²) in [6, 6.07) is 1.79. The SMILES string of the molecule is O=C(Nc1ccc(C(F)(F)F)nc1)C(=O)NC1CCCCC1. The maximum absolute atomic E-state index is 12.4. The van der Waals surface area contributed by atoms with E-state index in [1.54, 1.807) is 0 Å². The molecule has 5 nitrogen and oxygen atoms in total. The van der Waals surface area contributed by atoms with E-state index >= 15 is 0 Å². The molecule has 0 spiro atoms. The van der Waals surface area contributed by atoms with Gasteiger partial charge in [0.25, 0.3) is 0 Å². The smallest absolute Gasteiger partial charge is 0.345 e. The third-order valence-electron chi connectivity index (χ3n) is 3.46. The molecule has 0 aromatic carbocycles. The second kappa shape index (κ2) is 6.76. The van der Waals surface area contributed by atoms with Gasteiger partial charge < -0.3 is 10.6 Å². The highest BCUT2D eigenvalue weighted by Gasteiger charge is 2.32. The summed E-state index contributed by atoms with van der Waals surface area (Å²) < 4.78 is 37.1. The van der Waals surface area contributed by atoms with Crippen LogP contribution in [0.5, 0.6) is 0 Å². The van der Waals surface area contributed by atoms with Crippen molar-refractivity contribution < 1.29 is 22.8 Å². The zero-order valence-electron chi connectivity index (χ0n) is 11.7. The first-order valence-corrected chi connectivity index (χ1v) is 7.01. The highest BCUT2D eigenvalue weighted by atomic mass is 19.4. The molecular formula is C14H16F3N3O2. The number of alkyl halides is 3. The molecule has 1 aromatic rings. The number of carbonyl (C=O) groups excluding carboxylic acids is 2. The van der Waals surface area contributed by atoms with Crippen molar-refractivity contribution >= 4 is 17.5 Å². The quantitative estimate of drug-likeness (QED) is 0.824. The number of hydrogen-bond donors (Lipinski definition) is 2. The summed E-state index contributed by atoms with van der Waals surface area (Å²) >= 11 is 0. The van der Waals surface area contributed by atoms with Gasteiger partial charge in [0.05, 0.1) is 11.9 Å². The van der Waals surface area contributed by atoms with Crippen molar-refractivity contribution in [2.45, 2.75) is 44.3 Å². The first kappa shape index (κ1) is 16.3. The van der Waals surface area contributed by atoms with Gasteiger partial charge in [-0.2, -0.15) is 13.2 Å². The number of amides is 2. The van der Waals surface area contributed by atoms with Gasteiger partial charge in [0.2, 0.25) is 0 Å². The molecule has 0 bridgehead atoms. The number of halogens is 3. The molecular weight excluding hydrogens is 299 g/mol. The highest BCUT2D eigenvalue weighted by molar-refractivity contribution is 6.39. The van der Waals surface area contributed by atoms with Gasteiger partial charge >= 0.3 is 18.0 Å². The van der Waals surface area contributed by atoms with Crippen molar-refractivity contribution in [2.75, 3.05) is 5.32 Å². The van der Waals surface area contributed by atoms with Crippen LogP contribution in [0.1, 0.15) is 37.8 Å². The van der Waals surface area contributed by atoms with Crippen LogP contribution >= 0.6 is 0 Å². The Kier molecular flexibility index (Phi) is 4.99. The lowest BCUT2D eigenvalue weighted by Gasteiger charge is -2.22. The molecule has 1 aromatic heterocycles. The van der Waals surface area contributed by atoms with Crippen LogP contribution in [0, 0.1) is 0 Å². The standard InChI is InChI=1S/C14H16F3N3O2/c15-14(16,17)11-7-6-10(8-18-11)20-13(22)12(21)19-9-4-2-1-3-5-9/h6-9H,1-5H2,(H,19,21)(H,20,22). The average molecular weight is 315 g/mol. The topological polar surface area (TPSA) is 71.1 Å². The molecule has 2 N–H and O–H groups in total. The van der Waals surface area contributed by atoms with Crippen molar-refractivity contribution in [2.24, 2.45) is 0 Å². The molecule has 2 amide bonds. The van der Waals surface area contributed by atoms with E-state index in [9.17, 15) is 22.8 Å². The van der Waals surface area contributed by atoms with Gasteiger partial charge in [-0.1, -0.05) is 19.3 Å². The summed E-state index contributed by atoms with van der Waals surface area (Å²) in [4.78, 5) is 26.6. The maximum Gasteiger partial charge on any atom is 0.433 e. The van der Waals surface area contributed by atoms with E-state index in [0.29, 0.717) is 0 Å². The minimum atomic E-state index is -4.54. The van der Waals surface area contributed by atoms with Gasteiger partial charge in [0.15, 0.2) is 0 Å². The van der Waals surface area contributed by atoms with E-state index in [4.69, 9.17) is 0 Å². The Labute approximate surface area is 125 Å². The summed E-state index contributed by atoms with van der Waals surface area (Å²) in [7, 11) is 0. The molecule has 0 aliphatic heterocycles. The van der Waals surface area contributed by atoms with Gasteiger partial charge in [-0.05, 0) is 25.0 Å². The lowest BCUT2D eigenvalue weighted by atomic mass is 9.95. The number of anilines is 1. The Hall–Kier alpha value is -2.12. The number of nitrogens with zero attached hydrogens (tertiary/aromatic N) is 1. The second-order valence-electron chi connectivity index (χ2n) is 5.19. The molecule has 1 heterocycles. The fourth-order valence-electron chi connectivity index (χ4n) is 2.32. The Morgan fingerprint density at radius 1 is 1.09 bits per heavy atom. The average Bonchev–Trinajstić information content (AvgIpc) is 2.48.